The summed E-state index contributed by atoms with van der Waals surface area (Å²) in [6.45, 7) is 4.26. The van der Waals surface area contributed by atoms with E-state index in [-0.39, 0.29) is 25.6 Å². The number of nitrogens with zero attached hydrogens (tertiary/aromatic N) is 2. The van der Waals surface area contributed by atoms with Crippen LogP contribution in [0.15, 0.2) is 77.7 Å². The summed E-state index contributed by atoms with van der Waals surface area (Å²) >= 11 is 7.78. The van der Waals surface area contributed by atoms with Crippen LogP contribution in [-0.2, 0) is 25.7 Å². The van der Waals surface area contributed by atoms with Gasteiger partial charge in [-0.05, 0) is 47.9 Å². The van der Waals surface area contributed by atoms with Gasteiger partial charge in [-0.2, -0.15) is 0 Å². The Morgan fingerprint density at radius 1 is 1.02 bits per heavy atom. The maximum atomic E-state index is 14.1. The molecule has 0 aromatic heterocycles. The van der Waals surface area contributed by atoms with Gasteiger partial charge in [-0.1, -0.05) is 61.0 Å². The van der Waals surface area contributed by atoms with Crippen molar-refractivity contribution in [3.8, 4) is 5.75 Å². The molecule has 0 aliphatic carbocycles. The van der Waals surface area contributed by atoms with Crippen molar-refractivity contribution >= 4 is 47.0 Å². The molecule has 1 aliphatic rings. The minimum atomic E-state index is -1.11. The number of fused-ring (bicyclic) bond motifs is 1. The van der Waals surface area contributed by atoms with Crippen LogP contribution in [0.25, 0.3) is 0 Å². The number of amides is 2. The average Bonchev–Trinajstić information content (AvgIpc) is 3.08. The van der Waals surface area contributed by atoms with Crippen molar-refractivity contribution in [3.63, 3.8) is 0 Å². The summed E-state index contributed by atoms with van der Waals surface area (Å²) in [6.07, 6.45) is -0.857. The van der Waals surface area contributed by atoms with E-state index in [9.17, 15) is 14.4 Å². The molecule has 2 amide bonds. The average molecular weight is 597 g/mol. The Morgan fingerprint density at radius 2 is 1.76 bits per heavy atom. The molecule has 1 aliphatic heterocycles. The molecule has 0 spiro atoms. The molecule has 0 N–H and O–H groups in total. The highest BCUT2D eigenvalue weighted by Gasteiger charge is 2.41. The molecule has 0 radical (unpaired) electrons. The van der Waals surface area contributed by atoms with Gasteiger partial charge < -0.3 is 24.0 Å². The number of carbonyl (C=O) groups excluding carboxylic acids is 3. The van der Waals surface area contributed by atoms with Crippen LogP contribution < -0.4 is 9.64 Å². The number of ether oxygens (including phenoxy) is 3. The zero-order valence-corrected chi connectivity index (χ0v) is 24.8. The van der Waals surface area contributed by atoms with Gasteiger partial charge in [-0.25, -0.2) is 4.79 Å². The quantitative estimate of drug-likeness (QED) is 0.247. The lowest BCUT2D eigenvalue weighted by molar-refractivity contribution is -0.152. The molecule has 216 valence electrons. The number of hydrogen-bond acceptors (Lipinski definition) is 7. The monoisotopic (exact) mass is 596 g/mol. The number of halogens is 1. The van der Waals surface area contributed by atoms with Crippen LogP contribution in [0.1, 0.15) is 36.6 Å². The number of thioether (sulfide) groups is 1. The number of benzene rings is 3. The predicted molar refractivity (Wildman–Crippen MR) is 159 cm³/mol. The molecular formula is C31H33ClN2O6S. The molecule has 0 saturated heterocycles. The molecule has 8 nitrogen and oxygen atoms in total. The first kappa shape index (κ1) is 30.3. The van der Waals surface area contributed by atoms with Gasteiger partial charge in [0, 0.05) is 36.5 Å². The van der Waals surface area contributed by atoms with Crippen LogP contribution >= 0.6 is 23.4 Å². The Labute approximate surface area is 249 Å². The van der Waals surface area contributed by atoms with Gasteiger partial charge in [0.1, 0.15) is 12.4 Å². The third kappa shape index (κ3) is 7.74. The second-order valence-corrected chi connectivity index (χ2v) is 11.1. The Hall–Kier alpha value is -3.69. The first-order valence-electron chi connectivity index (χ1n) is 13.3. The first-order chi connectivity index (χ1) is 19.8. The fraction of sp³-hybridized carbons (Fsp3) is 0.323. The summed E-state index contributed by atoms with van der Waals surface area (Å²) in [5.41, 5.74) is 2.31. The standard InChI is InChI=1S/C31H33ClN2O6S/c1-4-16-33(31(37)39-20-22-8-6-5-7-9-22)17-18-34-26-15-12-24(32)19-27(26)41-29(28(30(34)36)40-21(2)35)23-10-13-25(38-3)14-11-23/h5-15,19,28-29H,4,16-18,20H2,1-3H3/t28-,29+/m0/s1. The molecule has 3 aromatic carbocycles. The molecule has 0 saturated carbocycles. The molecule has 41 heavy (non-hydrogen) atoms. The van der Waals surface area contributed by atoms with Crippen LogP contribution in [0.3, 0.4) is 0 Å². The van der Waals surface area contributed by atoms with Crippen molar-refractivity contribution < 1.29 is 28.6 Å². The number of rotatable bonds is 10. The fourth-order valence-electron chi connectivity index (χ4n) is 4.56. The van der Waals surface area contributed by atoms with Gasteiger partial charge >= 0.3 is 12.1 Å². The molecular weight excluding hydrogens is 564 g/mol. The number of carbonyl (C=O) groups is 3. The van der Waals surface area contributed by atoms with E-state index in [1.807, 2.05) is 49.4 Å². The smallest absolute Gasteiger partial charge is 0.410 e. The van der Waals surface area contributed by atoms with Gasteiger partial charge in [0.25, 0.3) is 5.91 Å². The van der Waals surface area contributed by atoms with Gasteiger partial charge in [0.15, 0.2) is 6.10 Å². The number of hydrogen-bond donors (Lipinski definition) is 0. The van der Waals surface area contributed by atoms with E-state index < -0.39 is 23.4 Å². The second kappa shape index (κ2) is 14.3. The number of anilines is 1. The molecule has 10 heteroatoms. The predicted octanol–water partition coefficient (Wildman–Crippen LogP) is 6.51. The summed E-state index contributed by atoms with van der Waals surface area (Å²) < 4.78 is 16.5. The van der Waals surface area contributed by atoms with Crippen molar-refractivity contribution in [2.24, 2.45) is 0 Å². The van der Waals surface area contributed by atoms with Gasteiger partial charge in [-0.15, -0.1) is 11.8 Å². The van der Waals surface area contributed by atoms with E-state index >= 15 is 0 Å². The van der Waals surface area contributed by atoms with E-state index in [4.69, 9.17) is 25.8 Å². The molecule has 0 bridgehead atoms. The number of esters is 1. The zero-order valence-electron chi connectivity index (χ0n) is 23.2. The van der Waals surface area contributed by atoms with Crippen LogP contribution in [-0.4, -0.2) is 55.7 Å². The highest BCUT2D eigenvalue weighted by atomic mass is 35.5. The van der Waals surface area contributed by atoms with Gasteiger partial charge in [0.2, 0.25) is 0 Å². The van der Waals surface area contributed by atoms with Crippen LogP contribution in [0.5, 0.6) is 5.75 Å². The molecule has 2 atom stereocenters. The first-order valence-corrected chi connectivity index (χ1v) is 14.6. The lowest BCUT2D eigenvalue weighted by Crippen LogP contribution is -2.47. The van der Waals surface area contributed by atoms with E-state index in [1.165, 1.54) is 18.7 Å². The number of methoxy groups -OCH3 is 1. The van der Waals surface area contributed by atoms with E-state index in [0.29, 0.717) is 29.4 Å². The lowest BCUT2D eigenvalue weighted by Gasteiger charge is -2.30. The fourth-order valence-corrected chi connectivity index (χ4v) is 6.15. The molecule has 0 fully saturated rings. The SMILES string of the molecule is CCCN(CCN1C(=O)[C@@H](OC(C)=O)[C@@H](c2ccc(OC)cc2)Sc2cc(Cl)ccc21)C(=O)OCc1ccccc1. The molecule has 4 rings (SSSR count). The zero-order chi connectivity index (χ0) is 29.4. The summed E-state index contributed by atoms with van der Waals surface area (Å²) in [7, 11) is 1.58. The Morgan fingerprint density at radius 3 is 2.41 bits per heavy atom. The molecule has 3 aromatic rings. The maximum absolute atomic E-state index is 14.1. The third-order valence-electron chi connectivity index (χ3n) is 6.54. The summed E-state index contributed by atoms with van der Waals surface area (Å²) in [5, 5.41) is -0.0257. The Kier molecular flexibility index (Phi) is 10.5. The van der Waals surface area contributed by atoms with Crippen molar-refractivity contribution in [2.75, 3.05) is 31.6 Å². The Bertz CT molecular complexity index is 1350. The van der Waals surface area contributed by atoms with Crippen LogP contribution in [0.4, 0.5) is 10.5 Å². The maximum Gasteiger partial charge on any atom is 0.410 e. The van der Waals surface area contributed by atoms with Crippen LogP contribution in [0, 0.1) is 0 Å². The topological polar surface area (TPSA) is 85.4 Å². The van der Waals surface area contributed by atoms with Crippen LogP contribution in [0.2, 0.25) is 5.02 Å². The van der Waals surface area contributed by atoms with E-state index in [2.05, 4.69) is 0 Å². The van der Waals surface area contributed by atoms with Gasteiger partial charge in [0.05, 0.1) is 18.0 Å². The summed E-state index contributed by atoms with van der Waals surface area (Å²) in [6, 6.07) is 22.1. The minimum Gasteiger partial charge on any atom is -0.497 e. The van der Waals surface area contributed by atoms with Gasteiger partial charge in [-0.3, -0.25) is 9.59 Å². The highest BCUT2D eigenvalue weighted by Crippen LogP contribution is 2.47. The molecule has 0 unspecified atom stereocenters. The van der Waals surface area contributed by atoms with E-state index in [1.54, 1.807) is 47.2 Å². The normalized spacial score (nSPS) is 16.4. The minimum absolute atomic E-state index is 0.151. The van der Waals surface area contributed by atoms with Crippen molar-refractivity contribution in [1.29, 1.82) is 0 Å². The van der Waals surface area contributed by atoms with Crippen molar-refractivity contribution in [3.05, 3.63) is 88.9 Å². The third-order valence-corrected chi connectivity index (χ3v) is 8.13. The second-order valence-electron chi connectivity index (χ2n) is 9.47. The Balaban J connectivity index is 1.62. The van der Waals surface area contributed by atoms with Crippen molar-refractivity contribution in [2.45, 2.75) is 43.1 Å². The largest absolute Gasteiger partial charge is 0.497 e. The van der Waals surface area contributed by atoms with Crippen molar-refractivity contribution in [1.82, 2.24) is 4.90 Å². The highest BCUT2D eigenvalue weighted by molar-refractivity contribution is 7.99. The summed E-state index contributed by atoms with van der Waals surface area (Å²) in [4.78, 5) is 43.3. The molecule has 1 heterocycles. The van der Waals surface area contributed by atoms with E-state index in [0.717, 1.165) is 16.0 Å². The summed E-state index contributed by atoms with van der Waals surface area (Å²) in [5.74, 6) is -0.282. The lowest BCUT2D eigenvalue weighted by atomic mass is 10.1.